The second-order valence-electron chi connectivity index (χ2n) is 4.88. The minimum atomic E-state index is -0.680. The molecule has 0 saturated heterocycles. The highest BCUT2D eigenvalue weighted by molar-refractivity contribution is 6.31. The molecule has 8 heteroatoms. The Balaban J connectivity index is 1.74. The first-order valence-corrected chi connectivity index (χ1v) is 7.28. The molecule has 0 atom stereocenters. The highest BCUT2D eigenvalue weighted by Gasteiger charge is 2.12. The Bertz CT molecular complexity index is 994. The number of nitrogens with one attached hydrogen (secondary N) is 1. The first-order chi connectivity index (χ1) is 11.5. The van der Waals surface area contributed by atoms with Gasteiger partial charge in [0.15, 0.2) is 5.58 Å². The van der Waals surface area contributed by atoms with Gasteiger partial charge in [0, 0.05) is 10.6 Å². The van der Waals surface area contributed by atoms with E-state index in [2.05, 4.69) is 10.5 Å². The first-order valence-electron chi connectivity index (χ1n) is 6.90. The lowest BCUT2D eigenvalue weighted by Gasteiger charge is -2.01. The summed E-state index contributed by atoms with van der Waals surface area (Å²) < 4.78 is 19.6. The van der Waals surface area contributed by atoms with Gasteiger partial charge in [-0.25, -0.2) is 14.6 Å². The maximum atomic E-state index is 13.4. The number of oxazole rings is 1. The highest BCUT2D eigenvalue weighted by atomic mass is 35.5. The molecule has 1 heterocycles. The average molecular weight is 348 g/mol. The fraction of sp³-hybridized carbons (Fsp3) is 0.0625. The number of hydrazone groups is 1. The van der Waals surface area contributed by atoms with E-state index in [1.54, 1.807) is 24.3 Å². The number of carbonyl (C=O) groups is 1. The minimum Gasteiger partial charge on any atom is -0.408 e. The highest BCUT2D eigenvalue weighted by Crippen LogP contribution is 2.18. The van der Waals surface area contributed by atoms with Crippen molar-refractivity contribution in [2.24, 2.45) is 5.10 Å². The topological polar surface area (TPSA) is 76.6 Å². The smallest absolute Gasteiger partial charge is 0.408 e. The van der Waals surface area contributed by atoms with E-state index in [0.717, 1.165) is 4.57 Å². The zero-order valence-corrected chi connectivity index (χ0v) is 13.0. The second-order valence-corrected chi connectivity index (χ2v) is 5.32. The molecule has 0 saturated carbocycles. The van der Waals surface area contributed by atoms with E-state index in [1.807, 2.05) is 0 Å². The number of carbonyl (C=O) groups excluding carboxylic acids is 1. The van der Waals surface area contributed by atoms with Gasteiger partial charge in [-0.1, -0.05) is 29.8 Å². The normalized spacial score (nSPS) is 11.2. The summed E-state index contributed by atoms with van der Waals surface area (Å²) >= 11 is 5.89. The Hall–Kier alpha value is -2.93. The van der Waals surface area contributed by atoms with Gasteiger partial charge in [-0.3, -0.25) is 9.36 Å². The molecule has 24 heavy (non-hydrogen) atoms. The molecule has 0 spiro atoms. The zero-order valence-electron chi connectivity index (χ0n) is 12.2. The summed E-state index contributed by atoms with van der Waals surface area (Å²) in [5.41, 5.74) is 3.19. The predicted octanol–water partition coefficient (Wildman–Crippen LogP) is 2.54. The van der Waals surface area contributed by atoms with Crippen molar-refractivity contribution in [1.29, 1.82) is 0 Å². The molecular weight excluding hydrogens is 337 g/mol. The third-order valence-corrected chi connectivity index (χ3v) is 3.46. The van der Waals surface area contributed by atoms with Crippen molar-refractivity contribution in [1.82, 2.24) is 9.99 Å². The standard InChI is InChI=1S/C16H11ClFN3O3/c17-11-5-6-14-13(7-11)21(16(23)24-14)9-15(22)20-19-8-10-3-1-2-4-12(10)18/h1-8H,9H2,(H,20,22)/b19-8+. The van der Waals surface area contributed by atoms with E-state index in [-0.39, 0.29) is 12.1 Å². The van der Waals surface area contributed by atoms with Crippen molar-refractivity contribution in [2.45, 2.75) is 6.54 Å². The third kappa shape index (κ3) is 3.36. The number of halogens is 2. The largest absolute Gasteiger partial charge is 0.420 e. The third-order valence-electron chi connectivity index (χ3n) is 3.23. The molecule has 0 bridgehead atoms. The van der Waals surface area contributed by atoms with Gasteiger partial charge in [0.2, 0.25) is 0 Å². The number of fused-ring (bicyclic) bond motifs is 1. The van der Waals surface area contributed by atoms with Crippen LogP contribution in [0.1, 0.15) is 5.56 Å². The molecule has 122 valence electrons. The van der Waals surface area contributed by atoms with Crippen LogP contribution in [0.5, 0.6) is 0 Å². The number of amides is 1. The molecule has 0 fully saturated rings. The molecule has 2 aromatic carbocycles. The molecule has 3 rings (SSSR count). The Morgan fingerprint density at radius 1 is 1.33 bits per heavy atom. The van der Waals surface area contributed by atoms with E-state index in [1.165, 1.54) is 24.4 Å². The average Bonchev–Trinajstić information content (AvgIpc) is 2.85. The quantitative estimate of drug-likeness (QED) is 0.582. The molecule has 0 radical (unpaired) electrons. The number of benzene rings is 2. The van der Waals surface area contributed by atoms with Gasteiger partial charge in [-0.15, -0.1) is 0 Å². The lowest BCUT2D eigenvalue weighted by molar-refractivity contribution is -0.121. The summed E-state index contributed by atoms with van der Waals surface area (Å²) in [5, 5.41) is 4.09. The summed E-state index contributed by atoms with van der Waals surface area (Å²) in [4.78, 5) is 23.7. The van der Waals surface area contributed by atoms with Crippen LogP contribution in [0.2, 0.25) is 5.02 Å². The molecule has 0 aliphatic rings. The van der Waals surface area contributed by atoms with E-state index in [4.69, 9.17) is 16.0 Å². The molecular formula is C16H11ClFN3O3. The van der Waals surface area contributed by atoms with Crippen LogP contribution in [0.4, 0.5) is 4.39 Å². The fourth-order valence-corrected chi connectivity index (χ4v) is 2.28. The summed E-state index contributed by atoms with van der Waals surface area (Å²) in [6.07, 6.45) is 1.18. The number of rotatable bonds is 4. The zero-order chi connectivity index (χ0) is 17.1. The van der Waals surface area contributed by atoms with Gasteiger partial charge < -0.3 is 4.42 Å². The maximum Gasteiger partial charge on any atom is 0.420 e. The van der Waals surface area contributed by atoms with Gasteiger partial charge in [0.1, 0.15) is 12.4 Å². The van der Waals surface area contributed by atoms with Gasteiger partial charge >= 0.3 is 5.76 Å². The molecule has 0 aliphatic carbocycles. The number of hydrogen-bond acceptors (Lipinski definition) is 4. The van der Waals surface area contributed by atoms with Gasteiger partial charge in [-0.2, -0.15) is 5.10 Å². The Labute approximate surface area is 140 Å². The second kappa shape index (κ2) is 6.67. The van der Waals surface area contributed by atoms with Crippen molar-refractivity contribution in [3.05, 3.63) is 69.4 Å². The first kappa shape index (κ1) is 15.9. The summed E-state index contributed by atoms with van der Waals surface area (Å²) in [6, 6.07) is 10.6. The van der Waals surface area contributed by atoms with Crippen LogP contribution >= 0.6 is 11.6 Å². The molecule has 0 unspecified atom stereocenters. The summed E-state index contributed by atoms with van der Waals surface area (Å²) in [5.74, 6) is -1.70. The Kier molecular flexibility index (Phi) is 4.43. The van der Waals surface area contributed by atoms with Crippen molar-refractivity contribution in [3.8, 4) is 0 Å². The lowest BCUT2D eigenvalue weighted by Crippen LogP contribution is -2.27. The van der Waals surface area contributed by atoms with Crippen LogP contribution in [-0.4, -0.2) is 16.7 Å². The molecule has 6 nitrogen and oxygen atoms in total. The molecule has 1 aromatic heterocycles. The van der Waals surface area contributed by atoms with Crippen LogP contribution in [-0.2, 0) is 11.3 Å². The Morgan fingerprint density at radius 2 is 2.12 bits per heavy atom. The van der Waals surface area contributed by atoms with E-state index < -0.39 is 17.5 Å². The minimum absolute atomic E-state index is 0.232. The van der Waals surface area contributed by atoms with Crippen molar-refractivity contribution in [2.75, 3.05) is 0 Å². The SMILES string of the molecule is O=C(Cn1c(=O)oc2ccc(Cl)cc21)N/N=C/c1ccccc1F. The van der Waals surface area contributed by atoms with Gasteiger partial charge in [0.25, 0.3) is 5.91 Å². The van der Waals surface area contributed by atoms with E-state index >= 15 is 0 Å². The Morgan fingerprint density at radius 3 is 2.92 bits per heavy atom. The van der Waals surface area contributed by atoms with Crippen molar-refractivity contribution >= 4 is 34.8 Å². The molecule has 3 aromatic rings. The fourth-order valence-electron chi connectivity index (χ4n) is 2.12. The van der Waals surface area contributed by atoms with Crippen molar-refractivity contribution < 1.29 is 13.6 Å². The maximum absolute atomic E-state index is 13.4. The van der Waals surface area contributed by atoms with Crippen LogP contribution in [0, 0.1) is 5.82 Å². The van der Waals surface area contributed by atoms with Crippen molar-refractivity contribution in [3.63, 3.8) is 0 Å². The van der Waals surface area contributed by atoms with E-state index in [0.29, 0.717) is 16.1 Å². The molecule has 0 aliphatic heterocycles. The molecule has 1 amide bonds. The predicted molar refractivity (Wildman–Crippen MR) is 87.6 cm³/mol. The monoisotopic (exact) mass is 347 g/mol. The summed E-state index contributed by atoms with van der Waals surface area (Å²) in [7, 11) is 0. The van der Waals surface area contributed by atoms with E-state index in [9.17, 15) is 14.0 Å². The van der Waals surface area contributed by atoms with Crippen LogP contribution in [0.15, 0.2) is 56.8 Å². The lowest BCUT2D eigenvalue weighted by atomic mass is 10.2. The molecule has 1 N–H and O–H groups in total. The van der Waals surface area contributed by atoms with Crippen LogP contribution in [0.25, 0.3) is 11.1 Å². The van der Waals surface area contributed by atoms with Crippen LogP contribution in [0.3, 0.4) is 0 Å². The number of nitrogens with zero attached hydrogens (tertiary/aromatic N) is 2. The summed E-state index contributed by atoms with van der Waals surface area (Å²) in [6.45, 7) is -0.305. The number of hydrogen-bond donors (Lipinski definition) is 1. The van der Waals surface area contributed by atoms with Gasteiger partial charge in [0.05, 0.1) is 11.7 Å². The van der Waals surface area contributed by atoms with Crippen LogP contribution < -0.4 is 11.2 Å². The van der Waals surface area contributed by atoms with Gasteiger partial charge in [-0.05, 0) is 24.3 Å². The number of aromatic nitrogens is 1.